The number of carbonyl (C=O) groups is 13. The molecular formula is C84H121BrN12O17. The average Bonchev–Trinajstić information content (AvgIpc) is 1.44. The van der Waals surface area contributed by atoms with E-state index in [1.165, 1.54) is 19.6 Å². The molecule has 114 heavy (non-hydrogen) atoms. The maximum Gasteiger partial charge on any atom is 0.339 e. The highest BCUT2D eigenvalue weighted by atomic mass is 79.9. The topological polar surface area (TPSA) is 427 Å². The SMILES string of the molecule is Br.CC(O)CN.CCC(C)(C)C(=O)ON1C(=O)CCC1=O.CCC(C)(CC(C)C(=O)NCCC(=O)Nc1ccc2ccccc2c1)C(=O)NCC(C)O.CCC(C)(CC(C)C(=O)NCCC(=O)Nc1ccc2ccccc2c1)C(=O)ON1C(=O)CCC1=O.CCN(CC)CC.NCC(=O)NCC(=O)Nc1ccc2ccccc2c1. The molecule has 0 aliphatic carbocycles. The van der Waals surface area contributed by atoms with Crippen molar-refractivity contribution in [1.29, 1.82) is 0 Å². The van der Waals surface area contributed by atoms with Gasteiger partial charge < -0.3 is 73.5 Å². The van der Waals surface area contributed by atoms with Gasteiger partial charge >= 0.3 is 11.9 Å². The standard InChI is InChI=1S/C26H31N3O6.C25H35N3O4.C14H15N3O2.C10H15NO4.C6H15N.C3H9NO.BrH/c1-4-26(3,25(34)35-29-22(31)11-12-23(29)32)16-17(2)24(33)27-14-13-21(30)28-20-10-9-18-7-5-6-8-19(18)15-20;1-5-25(4,24(32)27-16-18(3)29)15-17(2)23(31)26-13-12-22(30)28-21-11-10-19-8-6-7-9-20(19)14-21;15-8-13(18)16-9-14(19)17-12-6-5-10-3-1-2-4-11(10)7-12;1-4-10(2,3)9(14)15-11-7(12)5-6-8(11)13;1-4-7(5-2)6-3;1-3(5)2-4;/h5-10,15,17H,4,11-14,16H2,1-3H3,(H,27,33)(H,28,30);6-11,14,17-18,29H,5,12-13,15-16H2,1-4H3,(H,26,31)(H,27,32)(H,28,30);1-7H,8-9,15H2,(H,16,18)(H,17,19);4-6H2,1-3H3;4-6H2,1-3H3;3,5H,2,4H2,1H3;1H. The van der Waals surface area contributed by atoms with Crippen LogP contribution in [0.25, 0.3) is 32.3 Å². The Morgan fingerprint density at radius 2 is 0.798 bits per heavy atom. The third kappa shape index (κ3) is 34.7. The number of nitrogens with zero attached hydrogens (tertiary/aromatic N) is 3. The van der Waals surface area contributed by atoms with Gasteiger partial charge in [0.2, 0.25) is 41.4 Å². The molecule has 626 valence electrons. The summed E-state index contributed by atoms with van der Waals surface area (Å²) in [6.07, 6.45) is 1.62. The van der Waals surface area contributed by atoms with Crippen LogP contribution in [0.1, 0.15) is 168 Å². The first-order chi connectivity index (χ1) is 53.4. The van der Waals surface area contributed by atoms with Crippen LogP contribution >= 0.6 is 17.0 Å². The van der Waals surface area contributed by atoms with Crippen molar-refractivity contribution in [3.8, 4) is 0 Å². The molecule has 13 N–H and O–H groups in total. The van der Waals surface area contributed by atoms with Crippen LogP contribution in [0.2, 0.25) is 0 Å². The van der Waals surface area contributed by atoms with Gasteiger partial charge in [-0.3, -0.25) is 52.7 Å². The lowest BCUT2D eigenvalue weighted by Crippen LogP contribution is -2.44. The molecule has 2 aliphatic rings. The minimum atomic E-state index is -1.06. The fourth-order valence-corrected chi connectivity index (χ4v) is 10.9. The monoisotopic (exact) mass is 1650 g/mol. The number of hydrogen-bond acceptors (Lipinski definition) is 20. The van der Waals surface area contributed by atoms with Gasteiger partial charge in [-0.2, -0.15) is 0 Å². The Morgan fingerprint density at radius 1 is 0.456 bits per heavy atom. The number of aliphatic hydroxyl groups is 2. The Morgan fingerprint density at radius 3 is 1.11 bits per heavy atom. The van der Waals surface area contributed by atoms with Crippen LogP contribution in [0.5, 0.6) is 0 Å². The molecule has 0 spiro atoms. The van der Waals surface area contributed by atoms with E-state index in [9.17, 15) is 67.4 Å². The van der Waals surface area contributed by atoms with E-state index in [-0.39, 0.29) is 148 Å². The average molecular weight is 1650 g/mol. The van der Waals surface area contributed by atoms with Crippen molar-refractivity contribution in [2.45, 2.75) is 180 Å². The normalized spacial score (nSPS) is 14.3. The number of rotatable bonds is 32. The highest BCUT2D eigenvalue weighted by molar-refractivity contribution is 8.93. The van der Waals surface area contributed by atoms with E-state index in [0.29, 0.717) is 53.7 Å². The second-order valence-corrected chi connectivity index (χ2v) is 28.9. The van der Waals surface area contributed by atoms with Crippen molar-refractivity contribution in [3.63, 3.8) is 0 Å². The summed E-state index contributed by atoms with van der Waals surface area (Å²) in [6, 6.07) is 40.7. The number of imide groups is 2. The number of hydroxylamine groups is 4. The zero-order valence-corrected chi connectivity index (χ0v) is 70.2. The van der Waals surface area contributed by atoms with Gasteiger partial charge in [0.1, 0.15) is 0 Å². The summed E-state index contributed by atoms with van der Waals surface area (Å²) in [5, 5.41) is 44.2. The van der Waals surface area contributed by atoms with Gasteiger partial charge in [0.05, 0.1) is 36.1 Å². The molecule has 8 rings (SSSR count). The number of nitrogens with one attached hydrogen (secondary N) is 7. The van der Waals surface area contributed by atoms with Crippen LogP contribution in [0.15, 0.2) is 127 Å². The zero-order valence-electron chi connectivity index (χ0n) is 68.5. The van der Waals surface area contributed by atoms with Gasteiger partial charge in [0, 0.05) is 99.0 Å². The van der Waals surface area contributed by atoms with Gasteiger partial charge in [-0.1, -0.05) is 153 Å². The van der Waals surface area contributed by atoms with Crippen LogP contribution in [-0.4, -0.2) is 173 Å². The lowest BCUT2D eigenvalue weighted by atomic mass is 9.78. The van der Waals surface area contributed by atoms with Crippen LogP contribution in [0.3, 0.4) is 0 Å². The predicted octanol–water partition coefficient (Wildman–Crippen LogP) is 9.69. The molecule has 6 atom stereocenters. The number of hydrogen-bond donors (Lipinski definition) is 11. The van der Waals surface area contributed by atoms with Gasteiger partial charge in [-0.05, 0) is 155 Å². The third-order valence-electron chi connectivity index (χ3n) is 19.1. The molecule has 2 saturated heterocycles. The Balaban J connectivity index is 0.000000508. The maximum absolute atomic E-state index is 12.7. The molecule has 30 heteroatoms. The summed E-state index contributed by atoms with van der Waals surface area (Å²) in [5.74, 6) is -5.89. The van der Waals surface area contributed by atoms with Crippen molar-refractivity contribution < 1.29 is 82.2 Å². The van der Waals surface area contributed by atoms with Crippen LogP contribution < -0.4 is 48.7 Å². The number of benzene rings is 6. The van der Waals surface area contributed by atoms with Gasteiger partial charge in [-0.15, -0.1) is 27.1 Å². The summed E-state index contributed by atoms with van der Waals surface area (Å²) in [7, 11) is 0. The lowest BCUT2D eigenvalue weighted by Gasteiger charge is -2.29. The number of nitrogens with two attached hydrogens (primary N) is 2. The van der Waals surface area contributed by atoms with Crippen molar-refractivity contribution in [3.05, 3.63) is 127 Å². The highest BCUT2D eigenvalue weighted by Gasteiger charge is 2.42. The molecule has 2 heterocycles. The number of fused-ring (bicyclic) bond motifs is 3. The summed E-state index contributed by atoms with van der Waals surface area (Å²) in [5.41, 5.74) is 9.70. The number of halogens is 1. The Kier molecular flexibility index (Phi) is 44.6. The Bertz CT molecular complexity index is 4140. The molecule has 0 radical (unpaired) electrons. The molecular weight excluding hydrogens is 1530 g/mol. The van der Waals surface area contributed by atoms with Gasteiger partial charge in [-0.25, -0.2) is 9.59 Å². The van der Waals surface area contributed by atoms with Crippen LogP contribution in [-0.2, 0) is 72.0 Å². The van der Waals surface area contributed by atoms with E-state index < -0.39 is 63.8 Å². The number of amides is 11. The van der Waals surface area contributed by atoms with Crippen molar-refractivity contribution in [2.24, 2.45) is 39.5 Å². The minimum Gasteiger partial charge on any atom is -0.392 e. The third-order valence-corrected chi connectivity index (χ3v) is 19.1. The van der Waals surface area contributed by atoms with E-state index in [2.05, 4.69) is 62.9 Å². The fourth-order valence-electron chi connectivity index (χ4n) is 10.9. The van der Waals surface area contributed by atoms with Crippen LogP contribution in [0.4, 0.5) is 17.1 Å². The second-order valence-electron chi connectivity index (χ2n) is 28.9. The number of anilines is 3. The Hall–Kier alpha value is -10.1. The van der Waals surface area contributed by atoms with Crippen molar-refractivity contribution in [1.82, 2.24) is 36.3 Å². The van der Waals surface area contributed by atoms with Crippen molar-refractivity contribution >= 4 is 143 Å². The first kappa shape index (κ1) is 100.0. The van der Waals surface area contributed by atoms with E-state index in [0.717, 1.165) is 38.0 Å². The van der Waals surface area contributed by atoms with E-state index in [4.69, 9.17) is 26.2 Å². The summed E-state index contributed by atoms with van der Waals surface area (Å²) < 4.78 is 0. The largest absolute Gasteiger partial charge is 0.392 e. The molecule has 0 saturated carbocycles. The lowest BCUT2D eigenvalue weighted by molar-refractivity contribution is -0.205. The second kappa shape index (κ2) is 50.9. The molecule has 0 aromatic heterocycles. The molecule has 2 aliphatic heterocycles. The minimum absolute atomic E-state index is 0. The molecule has 11 amide bonds. The molecule has 6 aromatic carbocycles. The number of aliphatic hydroxyl groups excluding tert-OH is 2. The molecule has 0 bridgehead atoms. The molecule has 6 unspecified atom stereocenters. The fraction of sp³-hybridized carbons (Fsp3) is 0.488. The highest BCUT2D eigenvalue weighted by Crippen LogP contribution is 2.34. The van der Waals surface area contributed by atoms with E-state index in [1.807, 2.05) is 148 Å². The summed E-state index contributed by atoms with van der Waals surface area (Å²) in [6.45, 7) is 30.0. The van der Waals surface area contributed by atoms with E-state index >= 15 is 0 Å². The van der Waals surface area contributed by atoms with Crippen molar-refractivity contribution in [2.75, 3.05) is 74.9 Å². The Labute approximate surface area is 679 Å². The number of carbonyl (C=O) groups excluding carboxylic acids is 13. The molecule has 29 nitrogen and oxygen atoms in total. The maximum atomic E-state index is 12.7. The zero-order chi connectivity index (χ0) is 84.6. The molecule has 6 aromatic rings. The first-order valence-electron chi connectivity index (χ1n) is 38.6. The predicted molar refractivity (Wildman–Crippen MR) is 447 cm³/mol. The van der Waals surface area contributed by atoms with E-state index in [1.54, 1.807) is 55.4 Å². The summed E-state index contributed by atoms with van der Waals surface area (Å²) in [4.78, 5) is 167. The molecule has 2 fully saturated rings. The first-order valence-corrected chi connectivity index (χ1v) is 38.6. The van der Waals surface area contributed by atoms with Gasteiger partial charge in [0.15, 0.2) is 0 Å². The smallest absolute Gasteiger partial charge is 0.339 e. The summed E-state index contributed by atoms with van der Waals surface area (Å²) >= 11 is 0. The van der Waals surface area contributed by atoms with Gasteiger partial charge in [0.25, 0.3) is 23.6 Å². The van der Waals surface area contributed by atoms with Crippen LogP contribution in [0, 0.1) is 28.1 Å². The quantitative estimate of drug-likeness (QED) is 0.0175.